The molecule has 2 heterocycles. The van der Waals surface area contributed by atoms with E-state index in [-0.39, 0.29) is 10.7 Å². The second kappa shape index (κ2) is 5.08. The summed E-state index contributed by atoms with van der Waals surface area (Å²) < 4.78 is 24.0. The SMILES string of the molecule is NS(=O)(=O)c1c(-c2ccccc2)ccnc1N1NC=CO1. The van der Waals surface area contributed by atoms with Crippen molar-refractivity contribution in [1.82, 2.24) is 10.4 Å². The summed E-state index contributed by atoms with van der Waals surface area (Å²) in [5.41, 5.74) is 3.89. The molecule has 0 saturated carbocycles. The third-order valence-electron chi connectivity index (χ3n) is 2.87. The molecule has 3 rings (SSSR count). The molecule has 0 atom stereocenters. The van der Waals surface area contributed by atoms with Crippen LogP contribution in [0, 0.1) is 0 Å². The lowest BCUT2D eigenvalue weighted by Crippen LogP contribution is -2.31. The number of nitrogens with one attached hydrogen (secondary N) is 1. The second-order valence-corrected chi connectivity index (χ2v) is 5.75. The Bertz CT molecular complexity index is 782. The van der Waals surface area contributed by atoms with E-state index in [0.29, 0.717) is 5.56 Å². The first-order chi connectivity index (χ1) is 10.1. The van der Waals surface area contributed by atoms with Crippen LogP contribution < -0.4 is 15.7 Å². The van der Waals surface area contributed by atoms with Gasteiger partial charge in [0.25, 0.3) is 0 Å². The van der Waals surface area contributed by atoms with Crippen molar-refractivity contribution in [3.8, 4) is 11.1 Å². The highest BCUT2D eigenvalue weighted by Crippen LogP contribution is 2.32. The van der Waals surface area contributed by atoms with Gasteiger partial charge in [-0.25, -0.2) is 18.5 Å². The molecule has 7 nitrogen and oxygen atoms in total. The molecule has 0 fully saturated rings. The van der Waals surface area contributed by atoms with Gasteiger partial charge >= 0.3 is 0 Å². The minimum Gasteiger partial charge on any atom is -0.364 e. The number of sulfonamides is 1. The Labute approximate surface area is 121 Å². The Hall–Kier alpha value is -2.58. The van der Waals surface area contributed by atoms with Gasteiger partial charge in [-0.2, -0.15) is 0 Å². The molecule has 0 unspecified atom stereocenters. The number of aromatic nitrogens is 1. The molecular weight excluding hydrogens is 292 g/mol. The van der Waals surface area contributed by atoms with Gasteiger partial charge in [0.2, 0.25) is 15.8 Å². The molecule has 108 valence electrons. The van der Waals surface area contributed by atoms with Crippen molar-refractivity contribution in [3.05, 3.63) is 55.1 Å². The molecule has 0 aliphatic carbocycles. The normalized spacial score (nSPS) is 13.9. The summed E-state index contributed by atoms with van der Waals surface area (Å²) in [5.74, 6) is 0.0730. The van der Waals surface area contributed by atoms with Gasteiger partial charge in [-0.1, -0.05) is 35.5 Å². The number of anilines is 1. The van der Waals surface area contributed by atoms with Crippen LogP contribution in [-0.2, 0) is 14.9 Å². The van der Waals surface area contributed by atoms with Crippen LogP contribution >= 0.6 is 0 Å². The summed E-state index contributed by atoms with van der Waals surface area (Å²) in [6, 6.07) is 10.7. The molecule has 0 radical (unpaired) electrons. The summed E-state index contributed by atoms with van der Waals surface area (Å²) >= 11 is 0. The molecule has 0 spiro atoms. The third kappa shape index (κ3) is 2.54. The van der Waals surface area contributed by atoms with E-state index in [0.717, 1.165) is 10.7 Å². The van der Waals surface area contributed by atoms with Crippen molar-refractivity contribution in [2.24, 2.45) is 5.14 Å². The zero-order valence-electron chi connectivity index (χ0n) is 10.8. The van der Waals surface area contributed by atoms with Crippen molar-refractivity contribution < 1.29 is 13.3 Å². The lowest BCUT2D eigenvalue weighted by molar-refractivity contribution is 0.216. The summed E-state index contributed by atoms with van der Waals surface area (Å²) in [6.07, 6.45) is 4.36. The zero-order chi connectivity index (χ0) is 14.9. The Kier molecular flexibility index (Phi) is 3.24. The number of hydrazine groups is 1. The van der Waals surface area contributed by atoms with E-state index in [1.807, 2.05) is 18.2 Å². The number of hydrogen-bond acceptors (Lipinski definition) is 6. The Balaban J connectivity index is 2.23. The molecule has 3 N–H and O–H groups in total. The van der Waals surface area contributed by atoms with Crippen LogP contribution in [-0.4, -0.2) is 13.4 Å². The van der Waals surface area contributed by atoms with Gasteiger partial charge in [0.1, 0.15) is 11.2 Å². The fourth-order valence-electron chi connectivity index (χ4n) is 2.04. The Morgan fingerprint density at radius 1 is 1.19 bits per heavy atom. The molecule has 21 heavy (non-hydrogen) atoms. The summed E-state index contributed by atoms with van der Waals surface area (Å²) in [7, 11) is -4.00. The monoisotopic (exact) mass is 304 g/mol. The number of benzene rings is 1. The number of hydrogen-bond donors (Lipinski definition) is 2. The van der Waals surface area contributed by atoms with Crippen LogP contribution in [0.5, 0.6) is 0 Å². The average Bonchev–Trinajstić information content (AvgIpc) is 3.00. The van der Waals surface area contributed by atoms with Crippen molar-refractivity contribution in [1.29, 1.82) is 0 Å². The fourth-order valence-corrected chi connectivity index (χ4v) is 2.92. The van der Waals surface area contributed by atoms with Gasteiger partial charge in [0.15, 0.2) is 0 Å². The van der Waals surface area contributed by atoms with Gasteiger partial charge in [-0.05, 0) is 11.6 Å². The van der Waals surface area contributed by atoms with E-state index in [1.165, 1.54) is 18.7 Å². The van der Waals surface area contributed by atoms with E-state index in [1.54, 1.807) is 18.2 Å². The second-order valence-electron chi connectivity index (χ2n) is 4.25. The maximum atomic E-state index is 12.0. The smallest absolute Gasteiger partial charge is 0.242 e. The summed E-state index contributed by atoms with van der Waals surface area (Å²) in [5, 5.41) is 6.50. The molecule has 1 aliphatic rings. The first kappa shape index (κ1) is 13.4. The molecule has 8 heteroatoms. The van der Waals surface area contributed by atoms with Gasteiger partial charge in [-0.3, -0.25) is 5.43 Å². The highest BCUT2D eigenvalue weighted by Gasteiger charge is 2.26. The quantitative estimate of drug-likeness (QED) is 0.882. The lowest BCUT2D eigenvalue weighted by Gasteiger charge is -2.19. The largest absolute Gasteiger partial charge is 0.364 e. The first-order valence-electron chi connectivity index (χ1n) is 6.03. The first-order valence-corrected chi connectivity index (χ1v) is 7.57. The number of pyridine rings is 1. The minimum absolute atomic E-state index is 0.0730. The summed E-state index contributed by atoms with van der Waals surface area (Å²) in [6.45, 7) is 0. The molecular formula is C13H12N4O3S. The standard InChI is InChI=1S/C13H12N4O3S/c14-21(18,19)12-11(10-4-2-1-3-5-10)6-7-15-13(12)17-16-8-9-20-17/h1-9,16H,(H2,14,18,19). The number of nitrogens with zero attached hydrogens (tertiary/aromatic N) is 2. The van der Waals surface area contributed by atoms with Gasteiger partial charge in [0, 0.05) is 11.8 Å². The van der Waals surface area contributed by atoms with Crippen LogP contribution in [0.2, 0.25) is 0 Å². The maximum absolute atomic E-state index is 12.0. The molecule has 0 bridgehead atoms. The lowest BCUT2D eigenvalue weighted by atomic mass is 10.1. The van der Waals surface area contributed by atoms with E-state index >= 15 is 0 Å². The molecule has 1 aliphatic heterocycles. The van der Waals surface area contributed by atoms with Crippen molar-refractivity contribution in [2.75, 3.05) is 5.17 Å². The van der Waals surface area contributed by atoms with E-state index in [2.05, 4.69) is 10.4 Å². The Morgan fingerprint density at radius 3 is 2.57 bits per heavy atom. The van der Waals surface area contributed by atoms with Crippen LogP contribution in [0.25, 0.3) is 11.1 Å². The van der Waals surface area contributed by atoms with Crippen LogP contribution in [0.4, 0.5) is 5.82 Å². The predicted octanol–water partition coefficient (Wildman–Crippen LogP) is 1.12. The minimum atomic E-state index is -4.00. The number of primary sulfonamides is 1. The van der Waals surface area contributed by atoms with Crippen molar-refractivity contribution in [3.63, 3.8) is 0 Å². The van der Waals surface area contributed by atoms with Gasteiger partial charge in [0.05, 0.1) is 6.20 Å². The molecule has 1 aromatic heterocycles. The van der Waals surface area contributed by atoms with Gasteiger partial charge < -0.3 is 4.84 Å². The van der Waals surface area contributed by atoms with Crippen LogP contribution in [0.3, 0.4) is 0 Å². The maximum Gasteiger partial charge on any atom is 0.242 e. The van der Waals surface area contributed by atoms with E-state index in [4.69, 9.17) is 9.98 Å². The third-order valence-corrected chi connectivity index (χ3v) is 3.85. The highest BCUT2D eigenvalue weighted by atomic mass is 32.2. The fraction of sp³-hybridized carbons (Fsp3) is 0. The molecule has 0 saturated heterocycles. The number of nitrogens with two attached hydrogens (primary N) is 1. The van der Waals surface area contributed by atoms with E-state index < -0.39 is 10.0 Å². The van der Waals surface area contributed by atoms with Crippen LogP contribution in [0.15, 0.2) is 60.0 Å². The number of rotatable bonds is 3. The Morgan fingerprint density at radius 2 is 1.95 bits per heavy atom. The molecule has 0 amide bonds. The summed E-state index contributed by atoms with van der Waals surface area (Å²) in [4.78, 5) is 9.07. The van der Waals surface area contributed by atoms with E-state index in [9.17, 15) is 8.42 Å². The predicted molar refractivity (Wildman–Crippen MR) is 76.9 cm³/mol. The average molecular weight is 304 g/mol. The topological polar surface area (TPSA) is 97.6 Å². The zero-order valence-corrected chi connectivity index (χ0v) is 11.6. The molecule has 2 aromatic rings. The molecule has 1 aromatic carbocycles. The van der Waals surface area contributed by atoms with Crippen molar-refractivity contribution in [2.45, 2.75) is 4.90 Å². The highest BCUT2D eigenvalue weighted by molar-refractivity contribution is 7.89. The van der Waals surface area contributed by atoms with Gasteiger partial charge in [-0.15, -0.1) is 0 Å². The van der Waals surface area contributed by atoms with Crippen LogP contribution in [0.1, 0.15) is 0 Å². The van der Waals surface area contributed by atoms with Crippen molar-refractivity contribution >= 4 is 15.8 Å².